The first-order valence-corrected chi connectivity index (χ1v) is 29.3. The molecule has 6 unspecified atom stereocenters. The van der Waals surface area contributed by atoms with Crippen molar-refractivity contribution in [1.29, 1.82) is 0 Å². The first-order chi connectivity index (χ1) is 33.4. The van der Waals surface area contributed by atoms with Gasteiger partial charge in [0.05, 0.1) is 66.1 Å². The molecule has 398 valence electrons. The molecule has 2 aliphatic rings. The van der Waals surface area contributed by atoms with Crippen molar-refractivity contribution in [2.45, 2.75) is 52.9 Å². The summed E-state index contributed by atoms with van der Waals surface area (Å²) in [4.78, 5) is 85.8. The van der Waals surface area contributed by atoms with Crippen LogP contribution in [0.1, 0.15) is 63.2 Å². The molecule has 4 rings (SSSR count). The maximum atomic E-state index is 13.4. The number of unbranched alkanes of at least 4 members (excludes halogenated alkanes) is 1. The third-order valence-electron chi connectivity index (χ3n) is 9.36. The number of amides is 1. The number of hydrogen-bond donors (Lipinski definition) is 2. The second-order valence-electron chi connectivity index (χ2n) is 15.7. The molecule has 1 aliphatic heterocycles. The molecule has 2 N–H and O–H groups in total. The van der Waals surface area contributed by atoms with Gasteiger partial charge in [-0.05, 0) is 80.5 Å². The third kappa shape index (κ3) is 22.5. The predicted octanol–water partition coefficient (Wildman–Crippen LogP) is 4.75. The predicted molar refractivity (Wildman–Crippen MR) is 243 cm³/mol. The van der Waals surface area contributed by atoms with Gasteiger partial charge in [0.25, 0.3) is 45.0 Å². The highest BCUT2D eigenvalue weighted by molar-refractivity contribution is 7.47. The molecule has 71 heavy (non-hydrogen) atoms. The summed E-state index contributed by atoms with van der Waals surface area (Å²) in [6.45, 7) is -0.320. The summed E-state index contributed by atoms with van der Waals surface area (Å²) in [5.74, 6) is -1.27. The maximum Gasteiger partial charge on any atom is 0.267 e. The number of phenolic OH excluding ortho intramolecular Hbond substituents is 1. The first kappa shape index (κ1) is 60.5. The zero-order valence-electron chi connectivity index (χ0n) is 38.8. The van der Waals surface area contributed by atoms with E-state index in [2.05, 4.69) is 32.5 Å². The van der Waals surface area contributed by atoms with Crippen molar-refractivity contribution in [2.75, 3.05) is 72.6 Å². The van der Waals surface area contributed by atoms with Crippen molar-refractivity contribution in [1.82, 2.24) is 5.32 Å². The van der Waals surface area contributed by atoms with Crippen molar-refractivity contribution >= 4 is 56.0 Å². The van der Waals surface area contributed by atoms with E-state index in [-0.39, 0.29) is 73.9 Å². The number of phosphoric ester groups is 5. The maximum absolute atomic E-state index is 13.4. The Morgan fingerprint density at radius 3 is 1.73 bits per heavy atom. The number of carbonyl (C=O) groups excluding carboxylic acids is 1. The smallest absolute Gasteiger partial charge is 0.267 e. The zero-order valence-corrected chi connectivity index (χ0v) is 43.3. The zero-order chi connectivity index (χ0) is 52.3. The number of phosphoric acid groups is 5. The van der Waals surface area contributed by atoms with Crippen LogP contribution < -0.4 is 35.2 Å². The van der Waals surface area contributed by atoms with Crippen LogP contribution in [-0.4, -0.2) is 83.6 Å². The SMILES string of the molecule is CCOP(=O)([O-])OCCCOP(=O)([O-])OCC(CCCCNC(=O)c1cccc(-c2c3ccc(=O)cc-3oc3cc(O)ccc23)c1)COP(=O)([O-])OCCCOP(=O)([O-])OCCOP(=O)([O-])OCC(C)C. The topological polar surface area (TPSA) is 372 Å². The van der Waals surface area contributed by atoms with Crippen LogP contribution in [-0.2, 0) is 68.1 Å². The van der Waals surface area contributed by atoms with Gasteiger partial charge in [0.2, 0.25) is 0 Å². The van der Waals surface area contributed by atoms with Gasteiger partial charge in [-0.2, -0.15) is 0 Å². The summed E-state index contributed by atoms with van der Waals surface area (Å²) in [6, 6.07) is 15.6. The Bertz CT molecular complexity index is 2610. The van der Waals surface area contributed by atoms with E-state index in [1.807, 2.05) is 0 Å². The minimum absolute atomic E-state index is 0.0503. The van der Waals surface area contributed by atoms with E-state index in [1.165, 1.54) is 31.2 Å². The second-order valence-corrected chi connectivity index (χ2v) is 22.7. The van der Waals surface area contributed by atoms with E-state index in [1.54, 1.807) is 50.2 Å². The van der Waals surface area contributed by atoms with E-state index >= 15 is 0 Å². The first-order valence-electron chi connectivity index (χ1n) is 22.0. The van der Waals surface area contributed by atoms with E-state index in [0.717, 1.165) is 0 Å². The summed E-state index contributed by atoms with van der Waals surface area (Å²) in [6.07, 6.45) is 0.173. The molecule has 30 heteroatoms. The number of aromatic hydroxyl groups is 1. The molecule has 0 saturated carbocycles. The quantitative estimate of drug-likeness (QED) is 0.0356. The number of carbonyl (C=O) groups is 1. The van der Waals surface area contributed by atoms with Gasteiger partial charge in [0, 0.05) is 46.7 Å². The summed E-state index contributed by atoms with van der Waals surface area (Å²) in [5, 5.41) is 13.5. The van der Waals surface area contributed by atoms with Crippen LogP contribution in [0.4, 0.5) is 0 Å². The molecule has 1 aliphatic carbocycles. The number of nitrogens with one attached hydrogen (secondary N) is 1. The summed E-state index contributed by atoms with van der Waals surface area (Å²) in [5.41, 5.74) is 2.19. The highest BCUT2D eigenvalue weighted by Gasteiger charge is 2.22. The molecule has 2 aromatic carbocycles. The number of benzene rings is 3. The van der Waals surface area contributed by atoms with E-state index in [0.29, 0.717) is 34.1 Å². The molecular weight excluding hydrogens is 1050 g/mol. The highest BCUT2D eigenvalue weighted by Crippen LogP contribution is 2.45. The molecule has 0 spiro atoms. The number of rotatable bonds is 35. The Kier molecular flexibility index (Phi) is 24.3. The Labute approximate surface area is 409 Å². The molecule has 0 aromatic heterocycles. The summed E-state index contributed by atoms with van der Waals surface area (Å²) >= 11 is 0. The molecular formula is C41H55NO24P5-5. The largest absolute Gasteiger partial charge is 0.756 e. The summed E-state index contributed by atoms with van der Waals surface area (Å²) < 4.78 is 113. The lowest BCUT2D eigenvalue weighted by Gasteiger charge is -2.28. The van der Waals surface area contributed by atoms with Crippen molar-refractivity contribution in [2.24, 2.45) is 11.8 Å². The molecule has 2 aromatic rings. The average molecular weight is 1100 g/mol. The second kappa shape index (κ2) is 28.6. The molecule has 0 radical (unpaired) electrons. The van der Waals surface area contributed by atoms with Crippen LogP contribution in [0.3, 0.4) is 0 Å². The van der Waals surface area contributed by atoms with Crippen LogP contribution in [0.25, 0.3) is 33.4 Å². The lowest BCUT2D eigenvalue weighted by molar-refractivity contribution is -0.234. The minimum atomic E-state index is -5.10. The van der Waals surface area contributed by atoms with Crippen LogP contribution >= 0.6 is 39.1 Å². The molecule has 25 nitrogen and oxygen atoms in total. The van der Waals surface area contributed by atoms with Gasteiger partial charge in [-0.25, -0.2) is 0 Å². The standard InChI is InChI=1S/C41H60NO24P5/c1-4-56-67(46,47)57-18-8-20-59-69(50,51)64-28-31(29-65-70(52,53)60-21-9-19-58-68(48,49)61-22-23-62-71(54,55)63-27-30(2)3)10-5-6-17-42-41(45)33-12-7-11-32(24-33)40-36-15-13-34(43)25-38(36)66-39-26-35(44)14-16-37(39)40/h7,11-16,24-26,30-31,43H,4-6,8-10,17-23,27-29H2,1-3H3,(H,42,45)(H,46,47)(H,48,49)(H,50,51)(H,52,53)(H,54,55)/p-5. The van der Waals surface area contributed by atoms with Gasteiger partial charge in [0.1, 0.15) is 17.1 Å². The Balaban J connectivity index is 1.29. The van der Waals surface area contributed by atoms with E-state index in [9.17, 15) is 62.0 Å². The van der Waals surface area contributed by atoms with Gasteiger partial charge in [-0.15, -0.1) is 0 Å². The van der Waals surface area contributed by atoms with Crippen molar-refractivity contribution in [3.63, 3.8) is 0 Å². The summed E-state index contributed by atoms with van der Waals surface area (Å²) in [7, 11) is -24.4. The van der Waals surface area contributed by atoms with Crippen molar-refractivity contribution in [3.05, 3.63) is 76.5 Å². The normalized spacial score (nSPS) is 16.7. The number of hydrogen-bond acceptors (Lipinski definition) is 24. The highest BCUT2D eigenvalue weighted by atomic mass is 31.2. The van der Waals surface area contributed by atoms with Crippen LogP contribution in [0.15, 0.2) is 69.9 Å². The Morgan fingerprint density at radius 2 is 1.17 bits per heavy atom. The van der Waals surface area contributed by atoms with Gasteiger partial charge < -0.3 is 84.5 Å². The van der Waals surface area contributed by atoms with Gasteiger partial charge in [-0.1, -0.05) is 32.4 Å². The van der Waals surface area contributed by atoms with Crippen molar-refractivity contribution < 1.29 is 107 Å². The number of fused-ring (bicyclic) bond motifs is 2. The fourth-order valence-electron chi connectivity index (χ4n) is 6.16. The van der Waals surface area contributed by atoms with Gasteiger partial charge >= 0.3 is 0 Å². The van der Waals surface area contributed by atoms with Crippen LogP contribution in [0, 0.1) is 11.8 Å². The van der Waals surface area contributed by atoms with Gasteiger partial charge in [0.15, 0.2) is 5.43 Å². The molecule has 0 bridgehead atoms. The van der Waals surface area contributed by atoms with Crippen LogP contribution in [0.5, 0.6) is 5.75 Å². The lowest BCUT2D eigenvalue weighted by Crippen LogP contribution is -2.25. The van der Waals surface area contributed by atoms with Crippen LogP contribution in [0.2, 0.25) is 0 Å². The number of phenols is 1. The Hall–Kier alpha value is -3.05. The fraction of sp³-hybridized carbons (Fsp3) is 0.512. The molecule has 0 fully saturated rings. The average Bonchev–Trinajstić information content (AvgIpc) is 3.29. The Morgan fingerprint density at radius 1 is 0.634 bits per heavy atom. The van der Waals surface area contributed by atoms with Crippen molar-refractivity contribution in [3.8, 4) is 28.2 Å². The molecule has 1 heterocycles. The minimum Gasteiger partial charge on any atom is -0.756 e. The molecule has 0 saturated heterocycles. The van der Waals surface area contributed by atoms with Gasteiger partial charge in [-0.3, -0.25) is 32.4 Å². The van der Waals surface area contributed by atoms with E-state index < -0.39 is 104 Å². The monoisotopic (exact) mass is 1100 g/mol. The molecule has 1 amide bonds. The fourth-order valence-corrected chi connectivity index (χ4v) is 10.1. The lowest BCUT2D eigenvalue weighted by atomic mass is 9.92. The third-order valence-corrected chi connectivity index (χ3v) is 14.3. The molecule has 6 atom stereocenters. The van der Waals surface area contributed by atoms with E-state index in [4.69, 9.17) is 22.5 Å².